The second-order valence-electron chi connectivity index (χ2n) is 5.29. The molecular formula is C17H16N4O6. The predicted octanol–water partition coefficient (Wildman–Crippen LogP) is 1.79. The second kappa shape index (κ2) is 8.94. The number of phenols is 1. The molecule has 0 bridgehead atoms. The third-order valence-corrected chi connectivity index (χ3v) is 3.16. The second-order valence-corrected chi connectivity index (χ2v) is 5.29. The quantitative estimate of drug-likeness (QED) is 0.384. The number of nitro groups is 1. The fourth-order valence-electron chi connectivity index (χ4n) is 1.95. The van der Waals surface area contributed by atoms with Gasteiger partial charge in [-0.15, -0.1) is 0 Å². The molecule has 0 aromatic heterocycles. The zero-order valence-electron chi connectivity index (χ0n) is 14.2. The Balaban J connectivity index is 1.86. The summed E-state index contributed by atoms with van der Waals surface area (Å²) >= 11 is 0. The Kier molecular flexibility index (Phi) is 6.42. The van der Waals surface area contributed by atoms with Gasteiger partial charge in [0.2, 0.25) is 5.91 Å². The molecule has 2 amide bonds. The van der Waals surface area contributed by atoms with Gasteiger partial charge in [0.05, 0.1) is 11.1 Å². The first-order valence-electron chi connectivity index (χ1n) is 7.65. The minimum Gasteiger partial charge on any atom is -0.507 e. The Morgan fingerprint density at radius 1 is 1.26 bits per heavy atom. The predicted molar refractivity (Wildman–Crippen MR) is 96.7 cm³/mol. The summed E-state index contributed by atoms with van der Waals surface area (Å²) in [6, 6.07) is 9.85. The van der Waals surface area contributed by atoms with Gasteiger partial charge < -0.3 is 15.2 Å². The minimum absolute atomic E-state index is 0.0824. The van der Waals surface area contributed by atoms with E-state index in [0.717, 1.165) is 24.4 Å². The summed E-state index contributed by atoms with van der Waals surface area (Å²) in [5, 5.41) is 26.6. The van der Waals surface area contributed by atoms with E-state index in [2.05, 4.69) is 15.8 Å². The van der Waals surface area contributed by atoms with E-state index in [4.69, 9.17) is 4.74 Å². The van der Waals surface area contributed by atoms with Gasteiger partial charge in [0.25, 0.3) is 11.6 Å². The lowest BCUT2D eigenvalue weighted by Crippen LogP contribution is -2.24. The molecule has 2 rings (SSSR count). The first kappa shape index (κ1) is 19.4. The molecule has 10 heteroatoms. The minimum atomic E-state index is -0.611. The van der Waals surface area contributed by atoms with Crippen molar-refractivity contribution in [3.05, 3.63) is 58.1 Å². The van der Waals surface area contributed by atoms with Crippen molar-refractivity contribution < 1.29 is 24.4 Å². The molecule has 0 fully saturated rings. The van der Waals surface area contributed by atoms with Crippen LogP contribution in [0, 0.1) is 10.1 Å². The highest BCUT2D eigenvalue weighted by atomic mass is 16.6. The maximum absolute atomic E-state index is 11.7. The van der Waals surface area contributed by atoms with Crippen LogP contribution in [-0.2, 0) is 9.59 Å². The number of hydrogen-bond acceptors (Lipinski definition) is 7. The summed E-state index contributed by atoms with van der Waals surface area (Å²) in [5.74, 6) is -0.563. The van der Waals surface area contributed by atoms with E-state index in [1.165, 1.54) is 6.92 Å². The van der Waals surface area contributed by atoms with Gasteiger partial charge in [-0.05, 0) is 30.3 Å². The van der Waals surface area contributed by atoms with Gasteiger partial charge in [0.15, 0.2) is 6.61 Å². The van der Waals surface area contributed by atoms with E-state index in [1.54, 1.807) is 24.3 Å². The number of hydrogen-bond donors (Lipinski definition) is 3. The van der Waals surface area contributed by atoms with Crippen LogP contribution in [0.15, 0.2) is 47.6 Å². The summed E-state index contributed by atoms with van der Waals surface area (Å²) < 4.78 is 5.27. The van der Waals surface area contributed by atoms with Gasteiger partial charge in [-0.1, -0.05) is 0 Å². The average molecular weight is 372 g/mol. The lowest BCUT2D eigenvalue weighted by Gasteiger charge is -2.06. The Morgan fingerprint density at radius 2 is 1.96 bits per heavy atom. The molecule has 0 aliphatic rings. The van der Waals surface area contributed by atoms with Crippen LogP contribution in [0.2, 0.25) is 0 Å². The zero-order valence-corrected chi connectivity index (χ0v) is 14.2. The normalized spacial score (nSPS) is 10.4. The largest absolute Gasteiger partial charge is 0.507 e. The number of aromatic hydroxyl groups is 1. The smallest absolute Gasteiger partial charge is 0.277 e. The van der Waals surface area contributed by atoms with Crippen LogP contribution in [0.4, 0.5) is 11.4 Å². The van der Waals surface area contributed by atoms with Crippen molar-refractivity contribution in [1.29, 1.82) is 0 Å². The average Bonchev–Trinajstić information content (AvgIpc) is 2.62. The first-order valence-corrected chi connectivity index (χ1v) is 7.65. The maximum Gasteiger partial charge on any atom is 0.277 e. The highest BCUT2D eigenvalue weighted by molar-refractivity contribution is 5.88. The summed E-state index contributed by atoms with van der Waals surface area (Å²) in [7, 11) is 0. The number of benzene rings is 2. The molecule has 140 valence electrons. The first-order chi connectivity index (χ1) is 12.8. The van der Waals surface area contributed by atoms with E-state index in [0.29, 0.717) is 11.4 Å². The number of non-ortho nitro benzene ring substituents is 1. The summed E-state index contributed by atoms with van der Waals surface area (Å²) in [5.41, 5.74) is 2.65. The zero-order chi connectivity index (χ0) is 19.8. The molecule has 0 saturated heterocycles. The molecule has 0 saturated carbocycles. The van der Waals surface area contributed by atoms with Crippen molar-refractivity contribution in [3.63, 3.8) is 0 Å². The van der Waals surface area contributed by atoms with Crippen LogP contribution in [0.5, 0.6) is 11.5 Å². The Bertz CT molecular complexity index is 879. The van der Waals surface area contributed by atoms with Gasteiger partial charge in [-0.3, -0.25) is 19.7 Å². The Labute approximate surface area is 153 Å². The van der Waals surface area contributed by atoms with Crippen molar-refractivity contribution in [2.45, 2.75) is 6.92 Å². The third kappa shape index (κ3) is 6.12. The van der Waals surface area contributed by atoms with Crippen LogP contribution in [0.1, 0.15) is 12.5 Å². The number of nitro benzene ring substituents is 1. The number of carbonyl (C=O) groups is 2. The Morgan fingerprint density at radius 3 is 2.59 bits per heavy atom. The van der Waals surface area contributed by atoms with E-state index in [1.807, 2.05) is 0 Å². The molecule has 3 N–H and O–H groups in total. The molecule has 2 aromatic carbocycles. The van der Waals surface area contributed by atoms with Gasteiger partial charge in [0, 0.05) is 30.3 Å². The number of nitrogens with zero attached hydrogens (tertiary/aromatic N) is 2. The van der Waals surface area contributed by atoms with Crippen molar-refractivity contribution in [2.75, 3.05) is 11.9 Å². The fourth-order valence-corrected chi connectivity index (χ4v) is 1.95. The molecule has 0 unspecified atom stereocenters. The Hall–Kier alpha value is -3.95. The van der Waals surface area contributed by atoms with Gasteiger partial charge in [-0.25, -0.2) is 5.43 Å². The molecule has 0 heterocycles. The molecule has 0 aliphatic carbocycles. The number of rotatable bonds is 7. The third-order valence-electron chi connectivity index (χ3n) is 3.16. The van der Waals surface area contributed by atoms with E-state index in [-0.39, 0.29) is 29.5 Å². The number of nitrogens with one attached hydrogen (secondary N) is 2. The lowest BCUT2D eigenvalue weighted by molar-refractivity contribution is -0.384. The number of carbonyl (C=O) groups excluding carboxylic acids is 2. The standard InChI is InChI=1S/C17H16N4O6/c1-11(22)19-13-2-5-15(6-3-13)27-10-17(24)20-18-9-12-8-14(21(25)26)4-7-16(12)23/h2-9,23H,10H2,1H3,(H,19,22)(H,20,24). The fraction of sp³-hybridized carbons (Fsp3) is 0.118. The number of hydrazone groups is 1. The van der Waals surface area contributed by atoms with E-state index < -0.39 is 10.8 Å². The van der Waals surface area contributed by atoms with Crippen LogP contribution >= 0.6 is 0 Å². The van der Waals surface area contributed by atoms with Crippen LogP contribution < -0.4 is 15.5 Å². The highest BCUT2D eigenvalue weighted by Gasteiger charge is 2.09. The molecule has 27 heavy (non-hydrogen) atoms. The molecule has 0 aliphatic heterocycles. The monoisotopic (exact) mass is 372 g/mol. The summed E-state index contributed by atoms with van der Waals surface area (Å²) in [6.45, 7) is 1.07. The molecule has 2 aromatic rings. The van der Waals surface area contributed by atoms with Crippen molar-refractivity contribution in [3.8, 4) is 11.5 Å². The summed E-state index contributed by atoms with van der Waals surface area (Å²) in [4.78, 5) is 32.7. The van der Waals surface area contributed by atoms with Crippen molar-refractivity contribution >= 4 is 29.4 Å². The van der Waals surface area contributed by atoms with Crippen molar-refractivity contribution in [2.24, 2.45) is 5.10 Å². The van der Waals surface area contributed by atoms with E-state index in [9.17, 15) is 24.8 Å². The topological polar surface area (TPSA) is 143 Å². The maximum atomic E-state index is 11.7. The van der Waals surface area contributed by atoms with Crippen LogP contribution in [-0.4, -0.2) is 34.7 Å². The molecular weight excluding hydrogens is 356 g/mol. The SMILES string of the molecule is CC(=O)Nc1ccc(OCC(=O)NN=Cc2cc([N+](=O)[O-])ccc2O)cc1. The van der Waals surface area contributed by atoms with Crippen LogP contribution in [0.25, 0.3) is 0 Å². The summed E-state index contributed by atoms with van der Waals surface area (Å²) in [6.07, 6.45) is 1.09. The number of amides is 2. The molecule has 10 nitrogen and oxygen atoms in total. The molecule has 0 spiro atoms. The number of anilines is 1. The van der Waals surface area contributed by atoms with Crippen LogP contribution in [0.3, 0.4) is 0 Å². The van der Waals surface area contributed by atoms with E-state index >= 15 is 0 Å². The number of ether oxygens (including phenoxy) is 1. The lowest BCUT2D eigenvalue weighted by atomic mass is 10.2. The molecule has 0 atom stereocenters. The van der Waals surface area contributed by atoms with Gasteiger partial charge in [0.1, 0.15) is 11.5 Å². The van der Waals surface area contributed by atoms with Gasteiger partial charge in [-0.2, -0.15) is 5.10 Å². The highest BCUT2D eigenvalue weighted by Crippen LogP contribution is 2.21. The number of phenolic OH excluding ortho intramolecular Hbond substituents is 1. The molecule has 0 radical (unpaired) electrons. The van der Waals surface area contributed by atoms with Gasteiger partial charge >= 0.3 is 0 Å². The van der Waals surface area contributed by atoms with Crippen molar-refractivity contribution in [1.82, 2.24) is 5.43 Å².